The summed E-state index contributed by atoms with van der Waals surface area (Å²) in [6.45, 7) is 2.20. The first-order valence-corrected chi connectivity index (χ1v) is 9.73. The summed E-state index contributed by atoms with van der Waals surface area (Å²) in [6, 6.07) is 13.5. The Labute approximate surface area is 172 Å². The predicted molar refractivity (Wildman–Crippen MR) is 93.4 cm³/mol. The van der Waals surface area contributed by atoms with Crippen LogP contribution in [0.5, 0.6) is 11.5 Å². The molecule has 0 fully saturated rings. The topological polar surface area (TPSA) is 66.4 Å². The van der Waals surface area contributed by atoms with Crippen molar-refractivity contribution in [3.63, 3.8) is 0 Å². The molecule has 0 amide bonds. The fraction of sp³-hybridized carbons (Fsp3) is 0.368. The van der Waals surface area contributed by atoms with Gasteiger partial charge in [0, 0.05) is 0 Å². The van der Waals surface area contributed by atoms with Crippen LogP contribution in [0.15, 0.2) is 53.4 Å². The van der Waals surface area contributed by atoms with Crippen LogP contribution in [0.4, 0.5) is 0 Å². The zero-order valence-corrected chi connectivity index (χ0v) is 17.7. The third kappa shape index (κ3) is 7.50. The minimum atomic E-state index is -4.56. The molecule has 0 aromatic heterocycles. The summed E-state index contributed by atoms with van der Waals surface area (Å²) in [7, 11) is -4.56. The van der Waals surface area contributed by atoms with E-state index in [4.69, 9.17) is 4.74 Å². The number of unbranched alkanes of at least 4 members (excludes halogenated alkanes) is 4. The molecule has 2 rings (SSSR count). The second kappa shape index (κ2) is 11.0. The van der Waals surface area contributed by atoms with Crippen LogP contribution in [-0.4, -0.2) is 13.0 Å². The van der Waals surface area contributed by atoms with Crippen LogP contribution in [-0.2, 0) is 16.5 Å². The van der Waals surface area contributed by atoms with Crippen LogP contribution in [0.2, 0.25) is 0 Å². The van der Waals surface area contributed by atoms with E-state index in [-0.39, 0.29) is 40.2 Å². The van der Waals surface area contributed by atoms with Gasteiger partial charge in [0.1, 0.15) is 21.6 Å². The van der Waals surface area contributed by atoms with Crippen LogP contribution in [0.1, 0.15) is 44.6 Å². The van der Waals surface area contributed by atoms with Gasteiger partial charge in [-0.25, -0.2) is 8.42 Å². The summed E-state index contributed by atoms with van der Waals surface area (Å²) in [5, 5.41) is 0. The van der Waals surface area contributed by atoms with E-state index in [2.05, 4.69) is 6.92 Å². The summed E-state index contributed by atoms with van der Waals surface area (Å²) in [5.41, 5.74) is 1.14. The van der Waals surface area contributed by atoms with E-state index in [1.807, 2.05) is 18.2 Å². The Hall–Kier alpha value is -0.850. The van der Waals surface area contributed by atoms with Crippen molar-refractivity contribution in [2.75, 3.05) is 0 Å². The average Bonchev–Trinajstić information content (AvgIpc) is 2.54. The molecule has 6 heteroatoms. The average molecular weight is 370 g/mol. The molecular weight excluding hydrogens is 347 g/mol. The molecule has 4 nitrogen and oxygen atoms in total. The van der Waals surface area contributed by atoms with Crippen molar-refractivity contribution in [2.24, 2.45) is 0 Å². The molecular formula is C19H23NaO4S. The molecule has 0 heterocycles. The standard InChI is InChI=1S/C19H24O4S.Na/c1-2-3-4-5-6-10-16-11-9-12-17(15-16)23-18-13-7-8-14-19(18)24(20,21)22;/h7-9,11-15H,2-6,10H2,1H3,(H,20,21,22);/q;+1/p-1. The van der Waals surface area contributed by atoms with Crippen molar-refractivity contribution in [3.05, 3.63) is 54.1 Å². The van der Waals surface area contributed by atoms with Crippen LogP contribution in [0.3, 0.4) is 0 Å². The number of para-hydroxylation sites is 1. The van der Waals surface area contributed by atoms with Gasteiger partial charge in [-0.2, -0.15) is 0 Å². The first-order valence-electron chi connectivity index (χ1n) is 8.32. The molecule has 0 atom stereocenters. The van der Waals surface area contributed by atoms with E-state index in [1.54, 1.807) is 12.1 Å². The molecule has 0 aliphatic carbocycles. The zero-order valence-electron chi connectivity index (χ0n) is 14.9. The third-order valence-electron chi connectivity index (χ3n) is 3.81. The maximum absolute atomic E-state index is 11.3. The van der Waals surface area contributed by atoms with Gasteiger partial charge < -0.3 is 9.29 Å². The molecule has 0 radical (unpaired) electrons. The predicted octanol–water partition coefficient (Wildman–Crippen LogP) is 1.90. The molecule has 0 aliphatic heterocycles. The fourth-order valence-electron chi connectivity index (χ4n) is 2.57. The van der Waals surface area contributed by atoms with Gasteiger partial charge in [-0.15, -0.1) is 0 Å². The molecule has 130 valence electrons. The molecule has 2 aromatic carbocycles. The summed E-state index contributed by atoms with van der Waals surface area (Å²) < 4.78 is 39.6. The van der Waals surface area contributed by atoms with E-state index < -0.39 is 10.1 Å². The molecule has 0 bridgehead atoms. The molecule has 2 aromatic rings. The third-order valence-corrected chi connectivity index (χ3v) is 4.69. The molecule has 25 heavy (non-hydrogen) atoms. The Bertz CT molecular complexity index is 760. The molecule has 0 spiro atoms. The minimum Gasteiger partial charge on any atom is -0.744 e. The molecule has 0 N–H and O–H groups in total. The maximum atomic E-state index is 11.3. The smallest absolute Gasteiger partial charge is 0.744 e. The Morgan fingerprint density at radius 1 is 0.960 bits per heavy atom. The summed E-state index contributed by atoms with van der Waals surface area (Å²) in [4.78, 5) is -0.338. The van der Waals surface area contributed by atoms with Gasteiger partial charge >= 0.3 is 29.6 Å². The van der Waals surface area contributed by atoms with E-state index in [0.29, 0.717) is 5.75 Å². The van der Waals surface area contributed by atoms with Crippen molar-refractivity contribution in [1.29, 1.82) is 0 Å². The summed E-state index contributed by atoms with van der Waals surface area (Å²) >= 11 is 0. The minimum absolute atomic E-state index is 0. The first-order chi connectivity index (χ1) is 11.5. The maximum Gasteiger partial charge on any atom is 1.00 e. The van der Waals surface area contributed by atoms with Gasteiger partial charge in [0.2, 0.25) is 0 Å². The Balaban J connectivity index is 0.00000312. The Morgan fingerprint density at radius 2 is 1.68 bits per heavy atom. The van der Waals surface area contributed by atoms with Gasteiger partial charge in [-0.1, -0.05) is 56.9 Å². The number of hydrogen-bond donors (Lipinski definition) is 0. The van der Waals surface area contributed by atoms with Gasteiger partial charge in [-0.3, -0.25) is 0 Å². The van der Waals surface area contributed by atoms with E-state index >= 15 is 0 Å². The number of benzene rings is 2. The first kappa shape index (κ1) is 22.2. The van der Waals surface area contributed by atoms with Crippen molar-refractivity contribution < 1.29 is 47.3 Å². The molecule has 0 saturated heterocycles. The Morgan fingerprint density at radius 3 is 2.40 bits per heavy atom. The second-order valence-corrected chi connectivity index (χ2v) is 7.16. The van der Waals surface area contributed by atoms with Gasteiger partial charge in [0.15, 0.2) is 0 Å². The van der Waals surface area contributed by atoms with Crippen LogP contribution in [0, 0.1) is 0 Å². The van der Waals surface area contributed by atoms with E-state index in [9.17, 15) is 13.0 Å². The Kier molecular flexibility index (Phi) is 9.75. The zero-order chi connectivity index (χ0) is 17.4. The van der Waals surface area contributed by atoms with E-state index in [0.717, 1.165) is 18.4 Å². The van der Waals surface area contributed by atoms with Crippen molar-refractivity contribution in [1.82, 2.24) is 0 Å². The largest absolute Gasteiger partial charge is 1.00 e. The number of rotatable bonds is 9. The molecule has 0 saturated carbocycles. The van der Waals surface area contributed by atoms with Crippen molar-refractivity contribution in [2.45, 2.75) is 50.3 Å². The summed E-state index contributed by atoms with van der Waals surface area (Å²) in [5.74, 6) is 0.602. The fourth-order valence-corrected chi connectivity index (χ4v) is 3.17. The van der Waals surface area contributed by atoms with Crippen LogP contribution < -0.4 is 34.3 Å². The van der Waals surface area contributed by atoms with Gasteiger partial charge in [-0.05, 0) is 42.7 Å². The number of ether oxygens (including phenoxy) is 1. The quantitative estimate of drug-likeness (QED) is 0.384. The summed E-state index contributed by atoms with van der Waals surface area (Å²) in [6.07, 6.45) is 7.03. The number of aryl methyl sites for hydroxylation is 1. The second-order valence-electron chi connectivity index (χ2n) is 5.81. The van der Waals surface area contributed by atoms with Gasteiger partial charge in [0.05, 0.1) is 4.90 Å². The van der Waals surface area contributed by atoms with Crippen LogP contribution >= 0.6 is 0 Å². The van der Waals surface area contributed by atoms with Crippen molar-refractivity contribution in [3.8, 4) is 11.5 Å². The normalized spacial score (nSPS) is 11.0. The van der Waals surface area contributed by atoms with Crippen LogP contribution in [0.25, 0.3) is 0 Å². The van der Waals surface area contributed by atoms with E-state index in [1.165, 1.54) is 43.9 Å². The van der Waals surface area contributed by atoms with Crippen molar-refractivity contribution >= 4 is 10.1 Å². The molecule has 0 unspecified atom stereocenters. The SMILES string of the molecule is CCCCCCCc1cccc(Oc2ccccc2S(=O)(=O)[O-])c1.[Na+]. The van der Waals surface area contributed by atoms with Gasteiger partial charge in [0.25, 0.3) is 0 Å². The number of hydrogen-bond acceptors (Lipinski definition) is 4. The monoisotopic (exact) mass is 370 g/mol. The molecule has 0 aliphatic rings.